The van der Waals surface area contributed by atoms with Crippen LogP contribution >= 0.6 is 11.8 Å². The molecule has 1 unspecified atom stereocenters. The number of nitrogens with two attached hydrogens (primary N) is 1. The Labute approximate surface area is 134 Å². The van der Waals surface area contributed by atoms with Crippen LogP contribution in [0.4, 0.5) is 0 Å². The van der Waals surface area contributed by atoms with Crippen molar-refractivity contribution < 1.29 is 8.42 Å². The van der Waals surface area contributed by atoms with Gasteiger partial charge < -0.3 is 5.73 Å². The van der Waals surface area contributed by atoms with Crippen molar-refractivity contribution in [2.75, 3.05) is 30.9 Å². The SMILES string of the molecule is CCCC1CCC(CN)(N2CCSCC2S(C)(=O)=O)CC1. The minimum Gasteiger partial charge on any atom is -0.329 e. The summed E-state index contributed by atoms with van der Waals surface area (Å²) in [6.07, 6.45) is 8.44. The second kappa shape index (κ2) is 7.20. The van der Waals surface area contributed by atoms with Gasteiger partial charge in [-0.1, -0.05) is 19.8 Å². The maximum atomic E-state index is 12.2. The largest absolute Gasteiger partial charge is 0.329 e. The molecule has 2 rings (SSSR count). The maximum absolute atomic E-state index is 12.2. The molecular weight excluding hydrogens is 304 g/mol. The zero-order valence-electron chi connectivity index (χ0n) is 13.4. The number of hydrogen-bond donors (Lipinski definition) is 1. The first-order valence-electron chi connectivity index (χ1n) is 8.16. The molecule has 1 heterocycles. The average molecular weight is 335 g/mol. The van der Waals surface area contributed by atoms with Crippen LogP contribution in [0.25, 0.3) is 0 Å². The van der Waals surface area contributed by atoms with Crippen LogP contribution in [-0.4, -0.2) is 55.1 Å². The predicted molar refractivity (Wildman–Crippen MR) is 91.3 cm³/mol. The number of thioether (sulfide) groups is 1. The van der Waals surface area contributed by atoms with Crippen molar-refractivity contribution in [2.45, 2.75) is 56.4 Å². The Morgan fingerprint density at radius 2 is 2.00 bits per heavy atom. The van der Waals surface area contributed by atoms with Gasteiger partial charge in [-0.15, -0.1) is 0 Å². The molecule has 0 amide bonds. The first kappa shape index (κ1) is 17.6. The van der Waals surface area contributed by atoms with Gasteiger partial charge >= 0.3 is 0 Å². The van der Waals surface area contributed by atoms with Crippen LogP contribution in [-0.2, 0) is 9.84 Å². The van der Waals surface area contributed by atoms with Gasteiger partial charge in [0.2, 0.25) is 0 Å². The van der Waals surface area contributed by atoms with E-state index in [2.05, 4.69) is 11.8 Å². The highest BCUT2D eigenvalue weighted by Crippen LogP contribution is 2.40. The van der Waals surface area contributed by atoms with Crippen molar-refractivity contribution in [3.8, 4) is 0 Å². The lowest BCUT2D eigenvalue weighted by molar-refractivity contribution is 0.0374. The molecule has 0 bridgehead atoms. The van der Waals surface area contributed by atoms with Gasteiger partial charge in [-0.05, 0) is 31.6 Å². The van der Waals surface area contributed by atoms with Crippen LogP contribution in [0.15, 0.2) is 0 Å². The van der Waals surface area contributed by atoms with Crippen LogP contribution in [0.2, 0.25) is 0 Å². The molecule has 2 aliphatic rings. The minimum atomic E-state index is -3.05. The fraction of sp³-hybridized carbons (Fsp3) is 1.00. The maximum Gasteiger partial charge on any atom is 0.164 e. The molecule has 2 N–H and O–H groups in total. The third-order valence-corrected chi connectivity index (χ3v) is 7.94. The van der Waals surface area contributed by atoms with E-state index in [9.17, 15) is 8.42 Å². The van der Waals surface area contributed by atoms with E-state index in [-0.39, 0.29) is 10.9 Å². The van der Waals surface area contributed by atoms with Crippen molar-refractivity contribution in [3.05, 3.63) is 0 Å². The van der Waals surface area contributed by atoms with Crippen molar-refractivity contribution >= 4 is 21.6 Å². The highest BCUT2D eigenvalue weighted by molar-refractivity contribution is 8.00. The molecule has 4 nitrogen and oxygen atoms in total. The Bertz CT molecular complexity index is 431. The fourth-order valence-corrected chi connectivity index (χ4v) is 6.94. The summed E-state index contributed by atoms with van der Waals surface area (Å²) in [5, 5.41) is -0.345. The lowest BCUT2D eigenvalue weighted by Gasteiger charge is -2.51. The van der Waals surface area contributed by atoms with Crippen molar-refractivity contribution in [1.82, 2.24) is 4.90 Å². The molecule has 6 heteroatoms. The van der Waals surface area contributed by atoms with Gasteiger partial charge in [-0.2, -0.15) is 11.8 Å². The van der Waals surface area contributed by atoms with E-state index in [4.69, 9.17) is 5.73 Å². The van der Waals surface area contributed by atoms with Crippen LogP contribution < -0.4 is 5.73 Å². The van der Waals surface area contributed by atoms with E-state index in [1.165, 1.54) is 31.9 Å². The molecule has 21 heavy (non-hydrogen) atoms. The second-order valence-corrected chi connectivity index (χ2v) is 10.1. The van der Waals surface area contributed by atoms with Crippen molar-refractivity contribution in [2.24, 2.45) is 11.7 Å². The van der Waals surface area contributed by atoms with Crippen LogP contribution in [0, 0.1) is 5.92 Å². The van der Waals surface area contributed by atoms with E-state index >= 15 is 0 Å². The second-order valence-electron chi connectivity index (χ2n) is 6.71. The summed E-state index contributed by atoms with van der Waals surface area (Å²) in [6.45, 7) is 3.69. The van der Waals surface area contributed by atoms with E-state index in [0.717, 1.165) is 31.1 Å². The monoisotopic (exact) mass is 334 g/mol. The Kier molecular flexibility index (Phi) is 6.02. The summed E-state index contributed by atoms with van der Waals surface area (Å²) in [5.74, 6) is 2.52. The molecule has 0 aromatic rings. The topological polar surface area (TPSA) is 63.4 Å². The molecule has 124 valence electrons. The minimum absolute atomic E-state index is 0.0844. The van der Waals surface area contributed by atoms with Gasteiger partial charge in [0.05, 0.1) is 0 Å². The van der Waals surface area contributed by atoms with Gasteiger partial charge in [0.25, 0.3) is 0 Å². The summed E-state index contributed by atoms with van der Waals surface area (Å²) >= 11 is 1.75. The van der Waals surface area contributed by atoms with E-state index in [1.54, 1.807) is 11.8 Å². The standard InChI is InChI=1S/C15H30N2O2S2/c1-3-4-13-5-7-15(12-16,8-6-13)17-9-10-20-11-14(17)21(2,18)19/h13-14H,3-12,16H2,1-2H3. The first-order chi connectivity index (χ1) is 9.93. The molecule has 1 aliphatic heterocycles. The van der Waals surface area contributed by atoms with Crippen molar-refractivity contribution in [3.63, 3.8) is 0 Å². The number of sulfone groups is 1. The normalized spacial score (nSPS) is 35.8. The van der Waals surface area contributed by atoms with Gasteiger partial charge in [-0.25, -0.2) is 8.42 Å². The quantitative estimate of drug-likeness (QED) is 0.834. The number of hydrogen-bond acceptors (Lipinski definition) is 5. The lowest BCUT2D eigenvalue weighted by Crippen LogP contribution is -2.63. The highest BCUT2D eigenvalue weighted by Gasteiger charge is 2.45. The summed E-state index contributed by atoms with van der Waals surface area (Å²) in [5.41, 5.74) is 6.07. The van der Waals surface area contributed by atoms with Crippen LogP contribution in [0.1, 0.15) is 45.4 Å². The highest BCUT2D eigenvalue weighted by atomic mass is 32.2. The Morgan fingerprint density at radius 1 is 1.33 bits per heavy atom. The summed E-state index contributed by atoms with van der Waals surface area (Å²) in [4.78, 5) is 2.25. The van der Waals surface area contributed by atoms with Gasteiger partial charge in [0.1, 0.15) is 5.37 Å². The number of rotatable bonds is 5. The molecule has 0 radical (unpaired) electrons. The summed E-state index contributed by atoms with van der Waals surface area (Å²) < 4.78 is 24.3. The summed E-state index contributed by atoms with van der Waals surface area (Å²) in [6, 6.07) is 0. The number of nitrogens with zero attached hydrogens (tertiary/aromatic N) is 1. The third kappa shape index (κ3) is 3.95. The first-order valence-corrected chi connectivity index (χ1v) is 11.3. The Balaban J connectivity index is 2.15. The predicted octanol–water partition coefficient (Wildman–Crippen LogP) is 2.09. The molecule has 0 aromatic carbocycles. The molecule has 2 fully saturated rings. The van der Waals surface area contributed by atoms with Gasteiger partial charge in [-0.3, -0.25) is 4.90 Å². The van der Waals surface area contributed by atoms with Crippen LogP contribution in [0.5, 0.6) is 0 Å². The zero-order valence-corrected chi connectivity index (χ0v) is 15.0. The average Bonchev–Trinajstić information content (AvgIpc) is 2.48. The zero-order chi connectivity index (χ0) is 15.5. The third-order valence-electron chi connectivity index (χ3n) is 5.30. The van der Waals surface area contributed by atoms with Gasteiger partial charge in [0, 0.05) is 36.4 Å². The smallest absolute Gasteiger partial charge is 0.164 e. The molecule has 1 aliphatic carbocycles. The molecule has 1 saturated heterocycles. The van der Waals surface area contributed by atoms with Gasteiger partial charge in [0.15, 0.2) is 9.84 Å². The fourth-order valence-electron chi connectivity index (χ4n) is 4.00. The molecule has 0 spiro atoms. The summed E-state index contributed by atoms with van der Waals surface area (Å²) in [7, 11) is -3.05. The van der Waals surface area contributed by atoms with E-state index in [0.29, 0.717) is 12.3 Å². The molecule has 1 saturated carbocycles. The van der Waals surface area contributed by atoms with E-state index < -0.39 is 9.84 Å². The van der Waals surface area contributed by atoms with Crippen LogP contribution in [0.3, 0.4) is 0 Å². The Morgan fingerprint density at radius 3 is 2.52 bits per heavy atom. The molecule has 1 atom stereocenters. The Hall–Kier alpha value is 0.220. The molecule has 0 aromatic heterocycles. The lowest BCUT2D eigenvalue weighted by atomic mass is 9.74. The van der Waals surface area contributed by atoms with E-state index in [1.807, 2.05) is 0 Å². The van der Waals surface area contributed by atoms with Crippen molar-refractivity contribution in [1.29, 1.82) is 0 Å². The molecular formula is C15H30N2O2S2.